The predicted octanol–water partition coefficient (Wildman–Crippen LogP) is 6.90. The van der Waals surface area contributed by atoms with E-state index in [0.717, 1.165) is 10.6 Å². The van der Waals surface area contributed by atoms with Crippen molar-refractivity contribution in [1.29, 1.82) is 0 Å². The van der Waals surface area contributed by atoms with Crippen LogP contribution in [0, 0.1) is 0 Å². The molecule has 0 aliphatic carbocycles. The zero-order chi connectivity index (χ0) is 19.2. The molecule has 0 fully saturated rings. The third-order valence-electron chi connectivity index (χ3n) is 4.78. The number of aromatic nitrogens is 1. The summed E-state index contributed by atoms with van der Waals surface area (Å²) in [6.45, 7) is 0. The smallest absolute Gasteiger partial charge is 0.0954 e. The topological polar surface area (TPSA) is 12.9 Å². The molecule has 4 rings (SSSR count). The Kier molecular flexibility index (Phi) is 5.80. The number of benzene rings is 3. The molecule has 4 aromatic rings. The van der Waals surface area contributed by atoms with E-state index in [1.807, 2.05) is 6.07 Å². The van der Waals surface area contributed by atoms with Crippen LogP contribution in [-0.2, 0) is 10.6 Å². The van der Waals surface area contributed by atoms with Crippen LogP contribution in [0.2, 0.25) is 0 Å². The van der Waals surface area contributed by atoms with E-state index in [1.54, 1.807) is 18.0 Å². The lowest BCUT2D eigenvalue weighted by atomic mass is 9.84. The molecule has 138 valence electrons. The number of pyridine rings is 1. The molecule has 0 unspecified atom stereocenters. The quantitative estimate of drug-likeness (QED) is 0.198. The normalized spacial score (nSPS) is 11.3. The van der Waals surface area contributed by atoms with E-state index in [4.69, 9.17) is 11.6 Å². The monoisotopic (exact) mass is 401 g/mol. The molecule has 0 amide bonds. The van der Waals surface area contributed by atoms with Gasteiger partial charge in [-0.1, -0.05) is 91.0 Å². The Morgan fingerprint density at radius 3 is 1.54 bits per heavy atom. The van der Waals surface area contributed by atoms with Crippen LogP contribution in [0.1, 0.15) is 22.4 Å². The summed E-state index contributed by atoms with van der Waals surface area (Å²) in [7, 11) is 0. The molecule has 28 heavy (non-hydrogen) atoms. The van der Waals surface area contributed by atoms with E-state index in [9.17, 15) is 0 Å². The van der Waals surface area contributed by atoms with Gasteiger partial charge in [-0.05, 0) is 28.8 Å². The Labute approximate surface area is 175 Å². The molecule has 0 atom stereocenters. The third-order valence-corrected chi connectivity index (χ3v) is 6.64. The van der Waals surface area contributed by atoms with Crippen LogP contribution in [0.15, 0.2) is 114 Å². The summed E-state index contributed by atoms with van der Waals surface area (Å²) in [5.74, 6) is 0.387. The molecule has 3 aromatic carbocycles. The molecule has 0 saturated heterocycles. The molecule has 1 heterocycles. The van der Waals surface area contributed by atoms with Gasteiger partial charge in [0.25, 0.3) is 0 Å². The van der Waals surface area contributed by atoms with Gasteiger partial charge in [0.05, 0.1) is 16.3 Å². The fourth-order valence-corrected chi connectivity index (χ4v) is 5.25. The summed E-state index contributed by atoms with van der Waals surface area (Å²) in [6.07, 6.45) is 1.80. The Hall–Kier alpha value is -2.55. The summed E-state index contributed by atoms with van der Waals surface area (Å²) < 4.78 is -0.409. The molecular weight excluding hydrogens is 382 g/mol. The standard InChI is InChI=1S/C25H20ClNS/c26-19-23-24(17-10-18-27-23)28-25(20-11-4-1-5-12-20,21-13-6-2-7-14-21)22-15-8-3-9-16-22/h1-18H,19H2. The van der Waals surface area contributed by atoms with E-state index in [1.165, 1.54) is 16.7 Å². The maximum atomic E-state index is 6.22. The summed E-state index contributed by atoms with van der Waals surface area (Å²) in [4.78, 5) is 5.60. The predicted molar refractivity (Wildman–Crippen MR) is 119 cm³/mol. The highest BCUT2D eigenvalue weighted by Gasteiger charge is 2.38. The van der Waals surface area contributed by atoms with Crippen LogP contribution in [0.5, 0.6) is 0 Å². The highest BCUT2D eigenvalue weighted by atomic mass is 35.5. The van der Waals surface area contributed by atoms with Crippen molar-refractivity contribution < 1.29 is 0 Å². The lowest BCUT2D eigenvalue weighted by Gasteiger charge is -2.35. The van der Waals surface area contributed by atoms with E-state index < -0.39 is 4.75 Å². The van der Waals surface area contributed by atoms with Gasteiger partial charge in [-0.15, -0.1) is 23.4 Å². The first-order valence-electron chi connectivity index (χ1n) is 9.20. The Morgan fingerprint density at radius 1 is 0.643 bits per heavy atom. The van der Waals surface area contributed by atoms with Gasteiger partial charge in [0.1, 0.15) is 0 Å². The molecule has 0 spiro atoms. The van der Waals surface area contributed by atoms with Crippen LogP contribution in [0.3, 0.4) is 0 Å². The second-order valence-corrected chi connectivity index (χ2v) is 7.99. The highest BCUT2D eigenvalue weighted by molar-refractivity contribution is 8.00. The number of hydrogen-bond acceptors (Lipinski definition) is 2. The van der Waals surface area contributed by atoms with Gasteiger partial charge in [0.15, 0.2) is 0 Å². The third kappa shape index (κ3) is 3.58. The van der Waals surface area contributed by atoms with E-state index in [2.05, 4.69) is 102 Å². The average Bonchev–Trinajstić information content (AvgIpc) is 2.79. The number of alkyl halides is 1. The van der Waals surface area contributed by atoms with Crippen molar-refractivity contribution in [2.75, 3.05) is 0 Å². The maximum absolute atomic E-state index is 6.22. The molecule has 1 aromatic heterocycles. The number of thioether (sulfide) groups is 1. The van der Waals surface area contributed by atoms with E-state index >= 15 is 0 Å². The summed E-state index contributed by atoms with van der Waals surface area (Å²) in [6, 6.07) is 36.0. The van der Waals surface area contributed by atoms with Gasteiger partial charge in [0, 0.05) is 11.1 Å². The Morgan fingerprint density at radius 2 is 1.11 bits per heavy atom. The van der Waals surface area contributed by atoms with Crippen molar-refractivity contribution in [2.45, 2.75) is 15.5 Å². The lowest BCUT2D eigenvalue weighted by Crippen LogP contribution is -2.25. The number of rotatable bonds is 6. The van der Waals surface area contributed by atoms with Gasteiger partial charge >= 0.3 is 0 Å². The van der Waals surface area contributed by atoms with Crippen molar-refractivity contribution in [2.24, 2.45) is 0 Å². The van der Waals surface area contributed by atoms with Crippen molar-refractivity contribution >= 4 is 23.4 Å². The van der Waals surface area contributed by atoms with Gasteiger partial charge in [0.2, 0.25) is 0 Å². The minimum atomic E-state index is -0.409. The minimum absolute atomic E-state index is 0.387. The maximum Gasteiger partial charge on any atom is 0.0954 e. The van der Waals surface area contributed by atoms with E-state index in [-0.39, 0.29) is 0 Å². The number of nitrogens with zero attached hydrogens (tertiary/aromatic N) is 1. The molecule has 3 heteroatoms. The summed E-state index contributed by atoms with van der Waals surface area (Å²) in [5.41, 5.74) is 4.58. The van der Waals surface area contributed by atoms with Crippen LogP contribution >= 0.6 is 23.4 Å². The molecule has 0 aliphatic heterocycles. The van der Waals surface area contributed by atoms with Crippen molar-refractivity contribution in [3.8, 4) is 0 Å². The van der Waals surface area contributed by atoms with Gasteiger partial charge < -0.3 is 0 Å². The molecule has 0 saturated carbocycles. The Balaban J connectivity index is 2.01. The van der Waals surface area contributed by atoms with Gasteiger partial charge in [-0.3, -0.25) is 4.98 Å². The lowest BCUT2D eigenvalue weighted by molar-refractivity contribution is 0.890. The van der Waals surface area contributed by atoms with Crippen LogP contribution in [0.4, 0.5) is 0 Å². The van der Waals surface area contributed by atoms with Crippen LogP contribution in [0.25, 0.3) is 0 Å². The second-order valence-electron chi connectivity index (χ2n) is 6.46. The zero-order valence-electron chi connectivity index (χ0n) is 15.3. The zero-order valence-corrected chi connectivity index (χ0v) is 16.9. The fourth-order valence-electron chi connectivity index (χ4n) is 3.48. The Bertz CT molecular complexity index is 923. The largest absolute Gasteiger partial charge is 0.259 e. The molecular formula is C25H20ClNS. The molecule has 1 nitrogen and oxygen atoms in total. The molecule has 0 aliphatic rings. The first-order valence-corrected chi connectivity index (χ1v) is 10.5. The van der Waals surface area contributed by atoms with Crippen molar-refractivity contribution in [3.05, 3.63) is 132 Å². The van der Waals surface area contributed by atoms with Crippen molar-refractivity contribution in [3.63, 3.8) is 0 Å². The van der Waals surface area contributed by atoms with Gasteiger partial charge in [-0.2, -0.15) is 0 Å². The molecule has 0 radical (unpaired) electrons. The van der Waals surface area contributed by atoms with E-state index in [0.29, 0.717) is 5.88 Å². The molecule has 0 N–H and O–H groups in total. The SMILES string of the molecule is ClCc1ncccc1SC(c1ccccc1)(c1ccccc1)c1ccccc1. The average molecular weight is 402 g/mol. The van der Waals surface area contributed by atoms with Crippen molar-refractivity contribution in [1.82, 2.24) is 4.98 Å². The minimum Gasteiger partial charge on any atom is -0.259 e. The second kappa shape index (κ2) is 8.64. The van der Waals surface area contributed by atoms with Crippen LogP contribution in [-0.4, -0.2) is 4.98 Å². The fraction of sp³-hybridized carbons (Fsp3) is 0.0800. The van der Waals surface area contributed by atoms with Gasteiger partial charge in [-0.25, -0.2) is 0 Å². The highest BCUT2D eigenvalue weighted by Crippen LogP contribution is 2.52. The molecule has 0 bridgehead atoms. The number of halogens is 1. The number of hydrogen-bond donors (Lipinski definition) is 0. The summed E-state index contributed by atoms with van der Waals surface area (Å²) in [5, 5.41) is 0. The van der Waals surface area contributed by atoms with Crippen LogP contribution < -0.4 is 0 Å². The first-order chi connectivity index (χ1) is 13.8. The summed E-state index contributed by atoms with van der Waals surface area (Å²) >= 11 is 8.02. The first kappa shape index (κ1) is 18.8.